The number of carbonyl (C=O) groups is 4. The lowest BCUT2D eigenvalue weighted by molar-refractivity contribution is -0.161. The van der Waals surface area contributed by atoms with Crippen LogP contribution in [0.1, 0.15) is 472 Å². The first kappa shape index (κ1) is 105. The summed E-state index contributed by atoms with van der Waals surface area (Å²) in [5, 5.41) is 10.7. The number of aliphatic hydroxyl groups is 1. The first-order valence-corrected chi connectivity index (χ1v) is 48.5. The fourth-order valence-corrected chi connectivity index (χ4v) is 15.3. The quantitative estimate of drug-likeness (QED) is 0.0222. The van der Waals surface area contributed by atoms with E-state index in [1.165, 1.54) is 289 Å². The summed E-state index contributed by atoms with van der Waals surface area (Å²) >= 11 is 0. The van der Waals surface area contributed by atoms with Crippen molar-refractivity contribution >= 4 is 39.5 Å². The van der Waals surface area contributed by atoms with Crippen LogP contribution in [0.2, 0.25) is 0 Å². The second kappa shape index (κ2) is 79.3. The molecule has 0 radical (unpaired) electrons. The number of hydrogen-bond acceptors (Lipinski definition) is 15. The number of ether oxygens (including phenoxy) is 4. The molecule has 3 unspecified atom stereocenters. The van der Waals surface area contributed by atoms with Crippen LogP contribution in [0.15, 0.2) is 0 Å². The second-order valence-electron chi connectivity index (χ2n) is 32.4. The third-order valence-corrected chi connectivity index (χ3v) is 23.0. The zero-order valence-electron chi connectivity index (χ0n) is 70.5. The van der Waals surface area contributed by atoms with Crippen LogP contribution in [-0.2, 0) is 65.4 Å². The summed E-state index contributed by atoms with van der Waals surface area (Å²) in [6.07, 6.45) is 72.2. The van der Waals surface area contributed by atoms with E-state index in [-0.39, 0.29) is 25.7 Å². The van der Waals surface area contributed by atoms with Gasteiger partial charge in [0.25, 0.3) is 0 Å². The molecular weight excluding hydrogens is 1390 g/mol. The van der Waals surface area contributed by atoms with Gasteiger partial charge in [-0.05, 0) is 37.5 Å². The van der Waals surface area contributed by atoms with Crippen molar-refractivity contribution in [3.05, 3.63) is 0 Å². The van der Waals surface area contributed by atoms with Crippen LogP contribution in [0.4, 0.5) is 0 Å². The van der Waals surface area contributed by atoms with Crippen molar-refractivity contribution in [1.29, 1.82) is 0 Å². The van der Waals surface area contributed by atoms with Crippen LogP contribution in [0, 0.1) is 11.8 Å². The van der Waals surface area contributed by atoms with E-state index in [2.05, 4.69) is 41.5 Å². The Balaban J connectivity index is 5.24. The SMILES string of the molecule is CCCCCCCCCCCCCCCCCCCCCCCCC(=O)O[C@H](COC(=O)CCCCCCCCCCCCCCCCCCC(C)C)COP(=O)(O)OC[C@@H](O)COP(=O)(O)OC[C@@H](COC(=O)CCCCCCCCCCCCCC)OC(=O)CCCCCCCCCCCCC(C)CC. The van der Waals surface area contributed by atoms with Crippen molar-refractivity contribution in [1.82, 2.24) is 0 Å². The molecule has 0 bridgehead atoms. The summed E-state index contributed by atoms with van der Waals surface area (Å²) in [6, 6.07) is 0. The van der Waals surface area contributed by atoms with Gasteiger partial charge in [-0.2, -0.15) is 0 Å². The summed E-state index contributed by atoms with van der Waals surface area (Å²) < 4.78 is 69.0. The van der Waals surface area contributed by atoms with Gasteiger partial charge in [0.15, 0.2) is 12.2 Å². The zero-order chi connectivity index (χ0) is 78.5. The van der Waals surface area contributed by atoms with Gasteiger partial charge in [0.05, 0.1) is 26.4 Å². The van der Waals surface area contributed by atoms with Crippen molar-refractivity contribution in [2.45, 2.75) is 490 Å². The van der Waals surface area contributed by atoms with Gasteiger partial charge in [-0.25, -0.2) is 9.13 Å². The molecule has 17 nitrogen and oxygen atoms in total. The molecule has 0 rings (SSSR count). The van der Waals surface area contributed by atoms with E-state index in [1.54, 1.807) is 0 Å². The average molecular weight is 1560 g/mol. The first-order chi connectivity index (χ1) is 51.9. The maximum Gasteiger partial charge on any atom is 0.472 e. The molecule has 0 aromatic carbocycles. The number of esters is 4. The molecule has 0 aromatic rings. The third kappa shape index (κ3) is 80.5. The van der Waals surface area contributed by atoms with Gasteiger partial charge >= 0.3 is 39.5 Å². The Labute approximate surface area is 658 Å². The normalized spacial score (nSPS) is 14.0. The van der Waals surface area contributed by atoms with Crippen molar-refractivity contribution in [3.8, 4) is 0 Å². The summed E-state index contributed by atoms with van der Waals surface area (Å²) in [5.41, 5.74) is 0. The van der Waals surface area contributed by atoms with Crippen molar-refractivity contribution in [2.24, 2.45) is 11.8 Å². The van der Waals surface area contributed by atoms with Gasteiger partial charge in [0.1, 0.15) is 19.3 Å². The second-order valence-corrected chi connectivity index (χ2v) is 35.3. The van der Waals surface area contributed by atoms with Crippen LogP contribution in [0.3, 0.4) is 0 Å². The molecule has 0 aliphatic rings. The van der Waals surface area contributed by atoms with E-state index >= 15 is 0 Å². The molecule has 0 amide bonds. The highest BCUT2D eigenvalue weighted by atomic mass is 31.2. The molecule has 0 spiro atoms. The van der Waals surface area contributed by atoms with Gasteiger partial charge < -0.3 is 33.8 Å². The number of unbranched alkanes of at least 4 members (excludes halogenated alkanes) is 56. The van der Waals surface area contributed by atoms with E-state index in [0.717, 1.165) is 102 Å². The Morgan fingerprint density at radius 1 is 0.271 bits per heavy atom. The lowest BCUT2D eigenvalue weighted by Gasteiger charge is -2.21. The van der Waals surface area contributed by atoms with Crippen molar-refractivity contribution < 1.29 is 80.2 Å². The molecule has 0 saturated carbocycles. The number of carbonyl (C=O) groups excluding carboxylic acids is 4. The minimum Gasteiger partial charge on any atom is -0.462 e. The first-order valence-electron chi connectivity index (χ1n) is 45.5. The lowest BCUT2D eigenvalue weighted by atomic mass is 9.99. The van der Waals surface area contributed by atoms with Crippen LogP contribution in [-0.4, -0.2) is 96.7 Å². The molecule has 636 valence electrons. The summed E-state index contributed by atoms with van der Waals surface area (Å²) in [7, 11) is -9.93. The largest absolute Gasteiger partial charge is 0.472 e. The number of aliphatic hydroxyl groups excluding tert-OH is 1. The summed E-state index contributed by atoms with van der Waals surface area (Å²) in [6.45, 7) is 9.74. The standard InChI is InChI=1S/C88H172O17P2/c1-7-10-12-14-16-18-20-22-23-24-25-26-27-28-29-34-37-41-48-54-60-66-72-87(92)104-83(76-99-86(91)71-65-59-53-47-40-36-33-31-30-32-35-38-44-50-56-62-68-80(4)5)78-102-106(94,95)100-74-82(89)75-101-107(96,97)103-79-84(77-98-85(90)70-64-58-52-46-39-21-19-17-15-13-11-8-2)105-88(93)73-67-61-55-49-43-42-45-51-57-63-69-81(6)9-3/h80-84,89H,7-79H2,1-6H3,(H,94,95)(H,96,97)/t81?,82-,83-,84-/m1/s1. The van der Waals surface area contributed by atoms with Gasteiger partial charge in [-0.3, -0.25) is 37.3 Å². The van der Waals surface area contributed by atoms with Gasteiger partial charge in [0.2, 0.25) is 0 Å². The van der Waals surface area contributed by atoms with Crippen LogP contribution in [0.25, 0.3) is 0 Å². The zero-order valence-corrected chi connectivity index (χ0v) is 72.2. The molecule has 6 atom stereocenters. The van der Waals surface area contributed by atoms with E-state index in [9.17, 15) is 43.2 Å². The number of hydrogen-bond donors (Lipinski definition) is 3. The molecular formula is C88H172O17P2. The molecule has 0 aliphatic heterocycles. The predicted octanol–water partition coefficient (Wildman–Crippen LogP) is 27.0. The molecule has 19 heteroatoms. The highest BCUT2D eigenvalue weighted by molar-refractivity contribution is 7.47. The molecule has 0 aliphatic carbocycles. The fraction of sp³-hybridized carbons (Fsp3) is 0.955. The van der Waals surface area contributed by atoms with Crippen molar-refractivity contribution in [3.63, 3.8) is 0 Å². The number of rotatable bonds is 87. The Hall–Kier alpha value is -1.94. The van der Waals surface area contributed by atoms with Crippen LogP contribution in [0.5, 0.6) is 0 Å². The number of phosphoric ester groups is 2. The molecule has 0 heterocycles. The van der Waals surface area contributed by atoms with E-state index in [1.807, 2.05) is 0 Å². The van der Waals surface area contributed by atoms with E-state index < -0.39 is 97.5 Å². The van der Waals surface area contributed by atoms with Crippen LogP contribution < -0.4 is 0 Å². The predicted molar refractivity (Wildman–Crippen MR) is 442 cm³/mol. The Kier molecular flexibility index (Phi) is 77.9. The number of phosphoric acid groups is 2. The summed E-state index contributed by atoms with van der Waals surface area (Å²) in [4.78, 5) is 73.3. The Morgan fingerprint density at radius 2 is 0.477 bits per heavy atom. The van der Waals surface area contributed by atoms with Crippen LogP contribution >= 0.6 is 15.6 Å². The monoisotopic (exact) mass is 1560 g/mol. The van der Waals surface area contributed by atoms with Gasteiger partial charge in [0, 0.05) is 25.7 Å². The molecule has 0 aromatic heterocycles. The Morgan fingerprint density at radius 3 is 0.710 bits per heavy atom. The molecule has 0 saturated heterocycles. The van der Waals surface area contributed by atoms with E-state index in [4.69, 9.17) is 37.0 Å². The van der Waals surface area contributed by atoms with Crippen molar-refractivity contribution in [2.75, 3.05) is 39.6 Å². The molecule has 107 heavy (non-hydrogen) atoms. The smallest absolute Gasteiger partial charge is 0.462 e. The lowest BCUT2D eigenvalue weighted by Crippen LogP contribution is -2.30. The summed E-state index contributed by atoms with van der Waals surface area (Å²) in [5.74, 6) is -0.484. The molecule has 0 fully saturated rings. The van der Waals surface area contributed by atoms with Gasteiger partial charge in [-0.1, -0.05) is 420 Å². The maximum atomic E-state index is 13.2. The highest BCUT2D eigenvalue weighted by Gasteiger charge is 2.31. The average Bonchev–Trinajstić information content (AvgIpc) is 0.916. The highest BCUT2D eigenvalue weighted by Crippen LogP contribution is 2.45. The Bertz CT molecular complexity index is 2050. The third-order valence-electron chi connectivity index (χ3n) is 21.1. The van der Waals surface area contributed by atoms with Gasteiger partial charge in [-0.15, -0.1) is 0 Å². The minimum atomic E-state index is -4.97. The molecule has 3 N–H and O–H groups in total. The van der Waals surface area contributed by atoms with E-state index in [0.29, 0.717) is 25.7 Å². The fourth-order valence-electron chi connectivity index (χ4n) is 13.7. The minimum absolute atomic E-state index is 0.107. The maximum absolute atomic E-state index is 13.2. The topological polar surface area (TPSA) is 237 Å².